The molecule has 0 aromatic carbocycles. The molecule has 4 aliphatic heterocycles. The maximum absolute atomic E-state index is 5.80. The average molecular weight is 737 g/mol. The fourth-order valence-electron chi connectivity index (χ4n) is 3.36. The van der Waals surface area contributed by atoms with Crippen molar-refractivity contribution in [3.63, 3.8) is 0 Å². The van der Waals surface area contributed by atoms with Crippen molar-refractivity contribution in [3.05, 3.63) is 25.4 Å². The van der Waals surface area contributed by atoms with Crippen LogP contribution in [0.3, 0.4) is 0 Å². The third-order valence-corrected chi connectivity index (χ3v) is 16.7. The number of thioether (sulfide) groups is 8. The van der Waals surface area contributed by atoms with E-state index in [9.17, 15) is 0 Å². The lowest BCUT2D eigenvalue weighted by Gasteiger charge is -2.09. The average Bonchev–Trinajstić information content (AvgIpc) is 3.59. The van der Waals surface area contributed by atoms with Gasteiger partial charge in [0.2, 0.25) is 0 Å². The van der Waals surface area contributed by atoms with E-state index in [0.717, 1.165) is 23.0 Å². The zero-order chi connectivity index (χ0) is 28.9. The molecule has 0 unspecified atom stereocenters. The summed E-state index contributed by atoms with van der Waals surface area (Å²) in [6.07, 6.45) is 0. The van der Waals surface area contributed by atoms with Crippen LogP contribution in [0, 0.1) is 0 Å². The molecule has 0 radical (unpaired) electrons. The highest BCUT2D eigenvalue weighted by molar-refractivity contribution is 8.45. The molecule has 0 saturated carbocycles. The monoisotopic (exact) mass is 736 g/mol. The van der Waals surface area contributed by atoms with Gasteiger partial charge in [0.1, 0.15) is 0 Å². The molecule has 0 fully saturated rings. The first-order valence-corrected chi connectivity index (χ1v) is 21.2. The van der Waals surface area contributed by atoms with Crippen molar-refractivity contribution >= 4 is 94.1 Å². The summed E-state index contributed by atoms with van der Waals surface area (Å²) in [7, 11) is 0. The molecule has 0 bridgehead atoms. The molecule has 16 heteroatoms. The molecule has 0 spiro atoms. The van der Waals surface area contributed by atoms with E-state index in [4.69, 9.17) is 37.9 Å². The Morgan fingerprint density at radius 2 is 0.429 bits per heavy atom. The summed E-state index contributed by atoms with van der Waals surface area (Å²) in [6.45, 7) is 10.0. The van der Waals surface area contributed by atoms with E-state index in [-0.39, 0.29) is 0 Å². The van der Waals surface area contributed by atoms with Gasteiger partial charge in [-0.15, -0.1) is 47.0 Å². The Balaban J connectivity index is 1.32. The van der Waals surface area contributed by atoms with Crippen LogP contribution in [0.25, 0.3) is 0 Å². The highest BCUT2D eigenvalue weighted by atomic mass is 32.3. The van der Waals surface area contributed by atoms with Crippen LogP contribution in [0.4, 0.5) is 0 Å². The minimum Gasteiger partial charge on any atom is -0.378 e. The summed E-state index contributed by atoms with van der Waals surface area (Å²) in [5.41, 5.74) is 0. The van der Waals surface area contributed by atoms with Crippen molar-refractivity contribution in [2.24, 2.45) is 0 Å². The summed E-state index contributed by atoms with van der Waals surface area (Å²) in [4.78, 5) is 0. The molecule has 42 heavy (non-hydrogen) atoms. The van der Waals surface area contributed by atoms with Gasteiger partial charge < -0.3 is 37.9 Å². The van der Waals surface area contributed by atoms with Crippen LogP contribution in [0.15, 0.2) is 25.4 Å². The lowest BCUT2D eigenvalue weighted by molar-refractivity contribution is 0.00147. The second-order valence-electron chi connectivity index (χ2n) is 8.43. The summed E-state index contributed by atoms with van der Waals surface area (Å²) >= 11 is 15.2. The minimum absolute atomic E-state index is 0.591. The summed E-state index contributed by atoms with van der Waals surface area (Å²) in [6, 6.07) is 0. The fraction of sp³-hybridized carbons (Fsp3) is 0.769. The molecule has 0 aromatic rings. The van der Waals surface area contributed by atoms with E-state index < -0.39 is 0 Å². The molecule has 0 aromatic heterocycles. The molecule has 4 aliphatic rings. The molecule has 0 amide bonds. The summed E-state index contributed by atoms with van der Waals surface area (Å²) < 4.78 is 53.7. The maximum atomic E-state index is 5.80. The van der Waals surface area contributed by atoms with E-state index in [1.807, 2.05) is 94.1 Å². The Hall–Kier alpha value is 1.70. The van der Waals surface area contributed by atoms with Crippen LogP contribution in [-0.4, -0.2) is 129 Å². The molecule has 0 saturated heterocycles. The predicted octanol–water partition coefficient (Wildman–Crippen LogP) is 6.42. The van der Waals surface area contributed by atoms with Gasteiger partial charge in [0.15, 0.2) is 0 Å². The van der Waals surface area contributed by atoms with E-state index in [2.05, 4.69) is 0 Å². The fourth-order valence-corrected chi connectivity index (χ4v) is 15.0. The minimum atomic E-state index is 0.591. The third-order valence-electron chi connectivity index (χ3n) is 5.32. The first kappa shape index (κ1) is 36.5. The molecular weight excluding hydrogens is 697 g/mol. The molecule has 8 nitrogen and oxygen atoms in total. The van der Waals surface area contributed by atoms with E-state index in [1.165, 1.54) is 25.4 Å². The molecular formula is C26H40O8S8. The third kappa shape index (κ3) is 15.1. The van der Waals surface area contributed by atoms with E-state index in [1.54, 1.807) is 0 Å². The number of ether oxygens (including phenoxy) is 8. The molecule has 4 heterocycles. The van der Waals surface area contributed by atoms with Gasteiger partial charge >= 0.3 is 0 Å². The lowest BCUT2D eigenvalue weighted by atomic mass is 10.7. The van der Waals surface area contributed by atoms with Gasteiger partial charge in [-0.1, -0.05) is 47.0 Å². The Morgan fingerprint density at radius 3 is 0.643 bits per heavy atom. The van der Waals surface area contributed by atoms with Gasteiger partial charge in [0.25, 0.3) is 0 Å². The first-order chi connectivity index (χ1) is 20.9. The quantitative estimate of drug-likeness (QED) is 0.275. The SMILES string of the molecule is C1COCCOCCSC2=C(SCCOCCO1)SC(=C1SC3=C(SCCOCCOCCOCCOCCS3)S1)S2. The van der Waals surface area contributed by atoms with Crippen LogP contribution in [0.1, 0.15) is 0 Å². The largest absolute Gasteiger partial charge is 0.378 e. The van der Waals surface area contributed by atoms with Gasteiger partial charge in [0, 0.05) is 23.0 Å². The van der Waals surface area contributed by atoms with E-state index >= 15 is 0 Å². The van der Waals surface area contributed by atoms with Gasteiger partial charge in [-0.05, 0) is 0 Å². The Bertz CT molecular complexity index is 743. The molecule has 0 aliphatic carbocycles. The number of rotatable bonds is 0. The van der Waals surface area contributed by atoms with Crippen molar-refractivity contribution in [3.8, 4) is 0 Å². The van der Waals surface area contributed by atoms with Crippen molar-refractivity contribution in [1.29, 1.82) is 0 Å². The van der Waals surface area contributed by atoms with Crippen molar-refractivity contribution in [2.75, 3.05) is 129 Å². The topological polar surface area (TPSA) is 73.8 Å². The van der Waals surface area contributed by atoms with Crippen LogP contribution in [0.5, 0.6) is 0 Å². The molecule has 0 N–H and O–H groups in total. The second kappa shape index (κ2) is 23.9. The Kier molecular flexibility index (Phi) is 20.8. The zero-order valence-corrected chi connectivity index (χ0v) is 30.2. The smallest absolute Gasteiger partial charge is 0.0717 e. The van der Waals surface area contributed by atoms with Crippen LogP contribution in [0.2, 0.25) is 0 Å². The van der Waals surface area contributed by atoms with Gasteiger partial charge in [-0.2, -0.15) is 0 Å². The highest BCUT2D eigenvalue weighted by Gasteiger charge is 2.31. The van der Waals surface area contributed by atoms with Crippen LogP contribution in [-0.2, 0) is 37.9 Å². The zero-order valence-electron chi connectivity index (χ0n) is 23.7. The van der Waals surface area contributed by atoms with Crippen molar-refractivity contribution in [2.45, 2.75) is 0 Å². The summed E-state index contributed by atoms with van der Waals surface area (Å²) in [5.74, 6) is 3.69. The summed E-state index contributed by atoms with van der Waals surface area (Å²) in [5, 5.41) is 0. The van der Waals surface area contributed by atoms with Crippen LogP contribution >= 0.6 is 94.1 Å². The maximum Gasteiger partial charge on any atom is 0.0717 e. The normalized spacial score (nSPS) is 25.7. The van der Waals surface area contributed by atoms with Gasteiger partial charge in [0.05, 0.1) is 131 Å². The van der Waals surface area contributed by atoms with E-state index in [0.29, 0.717) is 106 Å². The Labute approximate surface area is 284 Å². The Morgan fingerprint density at radius 1 is 0.238 bits per heavy atom. The standard InChI is InChI=1S/C26H40O8S8/c1-2-28-6-10-32-14-18-36-22-21(35-17-13-31-9-5-27-1)39-25(40-22)26-41-23-24(42-26)38-20-16-34-12-8-30-4-3-29-7-11-33-15-19-37-23/h1-20H2. The lowest BCUT2D eigenvalue weighted by Crippen LogP contribution is -2.13. The molecule has 240 valence electrons. The highest BCUT2D eigenvalue weighted by Crippen LogP contribution is 2.66. The molecule has 0 atom stereocenters. The van der Waals surface area contributed by atoms with Gasteiger partial charge in [-0.3, -0.25) is 0 Å². The molecule has 4 rings (SSSR count). The predicted molar refractivity (Wildman–Crippen MR) is 188 cm³/mol. The van der Waals surface area contributed by atoms with Crippen molar-refractivity contribution in [1.82, 2.24) is 0 Å². The second-order valence-corrected chi connectivity index (χ2v) is 18.5. The number of hydrogen-bond donors (Lipinski definition) is 0. The van der Waals surface area contributed by atoms with Gasteiger partial charge in [-0.25, -0.2) is 0 Å². The van der Waals surface area contributed by atoms with Crippen molar-refractivity contribution < 1.29 is 37.9 Å². The number of hydrogen-bond acceptors (Lipinski definition) is 16. The first-order valence-electron chi connectivity index (χ1n) is 14.0. The van der Waals surface area contributed by atoms with Crippen LogP contribution < -0.4 is 0 Å².